The molecule has 0 N–H and O–H groups in total. The topological polar surface area (TPSA) is 30.7 Å². The summed E-state index contributed by atoms with van der Waals surface area (Å²) in [5.74, 6) is 1.23. The van der Waals surface area contributed by atoms with Crippen molar-refractivity contribution in [3.8, 4) is 0 Å². The van der Waals surface area contributed by atoms with Gasteiger partial charge in [0.2, 0.25) is 5.28 Å². The summed E-state index contributed by atoms with van der Waals surface area (Å²) < 4.78 is 3.01. The van der Waals surface area contributed by atoms with Gasteiger partial charge >= 0.3 is 0 Å². The van der Waals surface area contributed by atoms with Crippen LogP contribution in [0.2, 0.25) is 5.28 Å². The molecule has 0 radical (unpaired) electrons. The van der Waals surface area contributed by atoms with Gasteiger partial charge in [-0.1, -0.05) is 41.9 Å². The van der Waals surface area contributed by atoms with Gasteiger partial charge in [-0.3, -0.25) is 4.57 Å². The van der Waals surface area contributed by atoms with Gasteiger partial charge in [0.15, 0.2) is 0 Å². The van der Waals surface area contributed by atoms with Crippen molar-refractivity contribution in [3.05, 3.63) is 45.4 Å². The van der Waals surface area contributed by atoms with E-state index in [1.807, 2.05) is 16.7 Å². The Bertz CT molecular complexity index is 505. The summed E-state index contributed by atoms with van der Waals surface area (Å²) in [6, 6.07) is 8.15. The molecule has 5 heteroatoms. The van der Waals surface area contributed by atoms with Crippen LogP contribution in [0.4, 0.5) is 0 Å². The van der Waals surface area contributed by atoms with E-state index in [2.05, 4.69) is 52.1 Å². The van der Waals surface area contributed by atoms with Crippen molar-refractivity contribution in [3.63, 3.8) is 0 Å². The largest absolute Gasteiger partial charge is 0.297 e. The van der Waals surface area contributed by atoms with Gasteiger partial charge in [-0.2, -0.15) is 0 Å². The normalized spacial score (nSPS) is 11.1. The first-order valence-electron chi connectivity index (χ1n) is 5.41. The van der Waals surface area contributed by atoms with Gasteiger partial charge < -0.3 is 0 Å². The molecule has 2 aromatic rings. The number of halogens is 2. The highest BCUT2D eigenvalue weighted by Crippen LogP contribution is 2.19. The van der Waals surface area contributed by atoms with E-state index in [9.17, 15) is 0 Å². The summed E-state index contributed by atoms with van der Waals surface area (Å²) in [4.78, 5) is 0. The SMILES string of the molecule is CC(C)c1nnc(Cl)n1Cc1ccc(Br)cc1. The van der Waals surface area contributed by atoms with Crippen LogP contribution in [0.5, 0.6) is 0 Å². The number of hydrogen-bond donors (Lipinski definition) is 0. The maximum absolute atomic E-state index is 6.05. The average Bonchev–Trinajstić information content (AvgIpc) is 2.64. The number of aromatic nitrogens is 3. The van der Waals surface area contributed by atoms with Crippen molar-refractivity contribution >= 4 is 27.5 Å². The molecule has 1 aromatic carbocycles. The van der Waals surface area contributed by atoms with E-state index in [0.29, 0.717) is 17.7 Å². The Balaban J connectivity index is 2.29. The Hall–Kier alpha value is -0.870. The average molecular weight is 315 g/mol. The minimum atomic E-state index is 0.311. The summed E-state index contributed by atoms with van der Waals surface area (Å²) in [6.07, 6.45) is 0. The Labute approximate surface area is 114 Å². The molecule has 0 aliphatic carbocycles. The van der Waals surface area contributed by atoms with Crippen LogP contribution < -0.4 is 0 Å². The molecular formula is C12H13BrClN3. The van der Waals surface area contributed by atoms with Crippen LogP contribution in [0.15, 0.2) is 28.7 Å². The quantitative estimate of drug-likeness (QED) is 0.861. The zero-order chi connectivity index (χ0) is 12.4. The minimum absolute atomic E-state index is 0.311. The molecule has 0 amide bonds. The smallest absolute Gasteiger partial charge is 0.225 e. The highest BCUT2D eigenvalue weighted by atomic mass is 79.9. The zero-order valence-corrected chi connectivity index (χ0v) is 12.0. The van der Waals surface area contributed by atoms with Crippen LogP contribution in [-0.4, -0.2) is 14.8 Å². The molecule has 1 heterocycles. The Morgan fingerprint density at radius 3 is 2.47 bits per heavy atom. The summed E-state index contributed by atoms with van der Waals surface area (Å²) >= 11 is 9.47. The van der Waals surface area contributed by atoms with Gasteiger partial charge in [-0.15, -0.1) is 10.2 Å². The number of hydrogen-bond acceptors (Lipinski definition) is 2. The van der Waals surface area contributed by atoms with E-state index in [0.717, 1.165) is 10.3 Å². The van der Waals surface area contributed by atoms with Crippen molar-refractivity contribution < 1.29 is 0 Å². The van der Waals surface area contributed by atoms with Gasteiger partial charge in [0.25, 0.3) is 0 Å². The number of nitrogens with zero attached hydrogens (tertiary/aromatic N) is 3. The van der Waals surface area contributed by atoms with E-state index in [1.54, 1.807) is 0 Å². The lowest BCUT2D eigenvalue weighted by atomic mass is 10.2. The van der Waals surface area contributed by atoms with Crippen molar-refractivity contribution in [1.29, 1.82) is 0 Å². The molecular weight excluding hydrogens is 302 g/mol. The molecule has 90 valence electrons. The van der Waals surface area contributed by atoms with Crippen LogP contribution in [-0.2, 0) is 6.54 Å². The maximum Gasteiger partial charge on any atom is 0.225 e. The fourth-order valence-corrected chi connectivity index (χ4v) is 2.09. The fraction of sp³-hybridized carbons (Fsp3) is 0.333. The van der Waals surface area contributed by atoms with Crippen LogP contribution in [0, 0.1) is 0 Å². The molecule has 0 spiro atoms. The second-order valence-electron chi connectivity index (χ2n) is 4.19. The molecule has 0 saturated carbocycles. The molecule has 0 atom stereocenters. The van der Waals surface area contributed by atoms with Crippen molar-refractivity contribution in [2.24, 2.45) is 0 Å². The number of rotatable bonds is 3. The van der Waals surface area contributed by atoms with Crippen LogP contribution in [0.25, 0.3) is 0 Å². The lowest BCUT2D eigenvalue weighted by Gasteiger charge is -2.10. The van der Waals surface area contributed by atoms with E-state index < -0.39 is 0 Å². The standard InChI is InChI=1S/C12H13BrClN3/c1-8(2)11-15-16-12(14)17(11)7-9-3-5-10(13)6-4-9/h3-6,8H,7H2,1-2H3. The summed E-state index contributed by atoms with van der Waals surface area (Å²) in [6.45, 7) is 4.86. The van der Waals surface area contributed by atoms with E-state index >= 15 is 0 Å². The van der Waals surface area contributed by atoms with Crippen molar-refractivity contribution in [1.82, 2.24) is 14.8 Å². The second-order valence-corrected chi connectivity index (χ2v) is 5.45. The second kappa shape index (κ2) is 5.19. The highest BCUT2D eigenvalue weighted by molar-refractivity contribution is 9.10. The summed E-state index contributed by atoms with van der Waals surface area (Å²) in [5, 5.41) is 8.46. The first kappa shape index (κ1) is 12.6. The van der Waals surface area contributed by atoms with E-state index in [-0.39, 0.29) is 0 Å². The third kappa shape index (κ3) is 2.87. The molecule has 2 rings (SSSR count). The molecule has 17 heavy (non-hydrogen) atoms. The molecule has 0 aliphatic rings. The predicted molar refractivity (Wildman–Crippen MR) is 72.4 cm³/mol. The highest BCUT2D eigenvalue weighted by Gasteiger charge is 2.13. The maximum atomic E-state index is 6.05. The molecule has 0 saturated heterocycles. The summed E-state index contributed by atoms with van der Waals surface area (Å²) in [7, 11) is 0. The van der Waals surface area contributed by atoms with E-state index in [1.165, 1.54) is 5.56 Å². The van der Waals surface area contributed by atoms with Crippen LogP contribution in [0.3, 0.4) is 0 Å². The zero-order valence-electron chi connectivity index (χ0n) is 9.69. The molecule has 0 unspecified atom stereocenters. The monoisotopic (exact) mass is 313 g/mol. The van der Waals surface area contributed by atoms with Gasteiger partial charge in [0, 0.05) is 10.4 Å². The van der Waals surface area contributed by atoms with Crippen molar-refractivity contribution in [2.75, 3.05) is 0 Å². The van der Waals surface area contributed by atoms with Gasteiger partial charge in [-0.05, 0) is 29.3 Å². The molecule has 3 nitrogen and oxygen atoms in total. The molecule has 0 fully saturated rings. The van der Waals surface area contributed by atoms with Crippen LogP contribution in [0.1, 0.15) is 31.2 Å². The Morgan fingerprint density at radius 1 is 1.24 bits per heavy atom. The third-order valence-corrected chi connectivity index (χ3v) is 3.31. The predicted octanol–water partition coefficient (Wildman–Crippen LogP) is 3.87. The number of benzene rings is 1. The van der Waals surface area contributed by atoms with Crippen molar-refractivity contribution in [2.45, 2.75) is 26.3 Å². The summed E-state index contributed by atoms with van der Waals surface area (Å²) in [5.41, 5.74) is 1.18. The Kier molecular flexibility index (Phi) is 3.84. The van der Waals surface area contributed by atoms with Gasteiger partial charge in [-0.25, -0.2) is 0 Å². The molecule has 0 aliphatic heterocycles. The molecule has 1 aromatic heterocycles. The minimum Gasteiger partial charge on any atom is -0.297 e. The Morgan fingerprint density at radius 2 is 1.88 bits per heavy atom. The first-order chi connectivity index (χ1) is 8.08. The molecule has 0 bridgehead atoms. The fourth-order valence-electron chi connectivity index (χ4n) is 1.64. The first-order valence-corrected chi connectivity index (χ1v) is 6.58. The third-order valence-electron chi connectivity index (χ3n) is 2.50. The van der Waals surface area contributed by atoms with Gasteiger partial charge in [0.1, 0.15) is 5.82 Å². The lowest BCUT2D eigenvalue weighted by Crippen LogP contribution is -2.06. The lowest BCUT2D eigenvalue weighted by molar-refractivity contribution is 0.669. The van der Waals surface area contributed by atoms with Gasteiger partial charge in [0.05, 0.1) is 6.54 Å². The van der Waals surface area contributed by atoms with E-state index in [4.69, 9.17) is 11.6 Å². The van der Waals surface area contributed by atoms with Crippen LogP contribution >= 0.6 is 27.5 Å².